The molecule has 0 spiro atoms. The SMILES string of the molecule is I.NC(=NCC1CCCC(C(F)(F)F)C1)N1CCN(c2ncccn2)CC1. The van der Waals surface area contributed by atoms with Gasteiger partial charge in [0.1, 0.15) is 0 Å². The van der Waals surface area contributed by atoms with Crippen LogP contribution in [0.1, 0.15) is 25.7 Å². The standard InChI is InChI=1S/C17H25F3N6.HI/c18-17(19,20)14-4-1-3-13(11-14)12-24-15(21)25-7-9-26(10-8-25)16-22-5-2-6-23-16;/h2,5-6,13-14H,1,3-4,7-12H2,(H2,21,24);1H. The van der Waals surface area contributed by atoms with E-state index in [0.29, 0.717) is 38.0 Å². The lowest BCUT2D eigenvalue weighted by Crippen LogP contribution is -2.51. The van der Waals surface area contributed by atoms with Gasteiger partial charge in [0.05, 0.1) is 5.92 Å². The molecule has 2 N–H and O–H groups in total. The summed E-state index contributed by atoms with van der Waals surface area (Å²) >= 11 is 0. The molecule has 6 nitrogen and oxygen atoms in total. The maximum absolute atomic E-state index is 12.9. The lowest BCUT2D eigenvalue weighted by Gasteiger charge is -2.35. The molecule has 2 unspecified atom stereocenters. The van der Waals surface area contributed by atoms with Crippen LogP contribution in [0.15, 0.2) is 23.5 Å². The molecule has 1 aliphatic heterocycles. The Morgan fingerprint density at radius 1 is 1.15 bits per heavy atom. The van der Waals surface area contributed by atoms with E-state index in [1.54, 1.807) is 18.5 Å². The molecule has 1 aliphatic carbocycles. The summed E-state index contributed by atoms with van der Waals surface area (Å²) in [4.78, 5) is 16.9. The summed E-state index contributed by atoms with van der Waals surface area (Å²) in [7, 11) is 0. The highest BCUT2D eigenvalue weighted by atomic mass is 127. The van der Waals surface area contributed by atoms with Gasteiger partial charge in [0.15, 0.2) is 5.96 Å². The molecule has 3 rings (SSSR count). The summed E-state index contributed by atoms with van der Waals surface area (Å²) < 4.78 is 38.7. The molecule has 152 valence electrons. The first-order chi connectivity index (χ1) is 12.4. The molecule has 1 saturated heterocycles. The predicted molar refractivity (Wildman–Crippen MR) is 109 cm³/mol. The quantitative estimate of drug-likeness (QED) is 0.395. The molecule has 2 atom stereocenters. The summed E-state index contributed by atoms with van der Waals surface area (Å²) in [6.45, 7) is 3.24. The number of anilines is 1. The zero-order valence-corrected chi connectivity index (χ0v) is 17.4. The average molecular weight is 498 g/mol. The Bertz CT molecular complexity index is 604. The van der Waals surface area contributed by atoms with Crippen LogP contribution in [0.5, 0.6) is 0 Å². The van der Waals surface area contributed by atoms with Gasteiger partial charge in [0, 0.05) is 45.1 Å². The van der Waals surface area contributed by atoms with Crippen molar-refractivity contribution in [2.24, 2.45) is 22.6 Å². The monoisotopic (exact) mass is 498 g/mol. The molecular weight excluding hydrogens is 472 g/mol. The lowest BCUT2D eigenvalue weighted by molar-refractivity contribution is -0.185. The average Bonchev–Trinajstić information content (AvgIpc) is 2.66. The van der Waals surface area contributed by atoms with Crippen molar-refractivity contribution >= 4 is 35.9 Å². The molecule has 2 fully saturated rings. The van der Waals surface area contributed by atoms with Gasteiger partial charge in [0.2, 0.25) is 5.95 Å². The van der Waals surface area contributed by atoms with Gasteiger partial charge in [-0.3, -0.25) is 4.99 Å². The van der Waals surface area contributed by atoms with Gasteiger partial charge in [-0.05, 0) is 31.2 Å². The molecule has 0 radical (unpaired) electrons. The largest absolute Gasteiger partial charge is 0.391 e. The summed E-state index contributed by atoms with van der Waals surface area (Å²) in [5, 5.41) is 0. The maximum Gasteiger partial charge on any atom is 0.391 e. The molecule has 1 aromatic rings. The molecule has 2 heterocycles. The van der Waals surface area contributed by atoms with Crippen LogP contribution in [0.3, 0.4) is 0 Å². The number of alkyl halides is 3. The zero-order chi connectivity index (χ0) is 18.6. The van der Waals surface area contributed by atoms with E-state index in [1.807, 2.05) is 4.90 Å². The molecule has 2 aliphatic rings. The fourth-order valence-electron chi connectivity index (χ4n) is 3.67. The van der Waals surface area contributed by atoms with Gasteiger partial charge < -0.3 is 15.5 Å². The smallest absolute Gasteiger partial charge is 0.370 e. The normalized spacial score (nSPS) is 24.5. The third-order valence-electron chi connectivity index (χ3n) is 5.20. The summed E-state index contributed by atoms with van der Waals surface area (Å²) in [6.07, 6.45) is 1.14. The second-order valence-corrected chi connectivity index (χ2v) is 6.99. The summed E-state index contributed by atoms with van der Waals surface area (Å²) in [5.41, 5.74) is 6.07. The van der Waals surface area contributed by atoms with Gasteiger partial charge in [-0.15, -0.1) is 24.0 Å². The highest BCUT2D eigenvalue weighted by molar-refractivity contribution is 14.0. The molecule has 0 aromatic carbocycles. The Hall–Kier alpha value is -1.33. The summed E-state index contributed by atoms with van der Waals surface area (Å²) in [6, 6.07) is 1.78. The number of hydrogen-bond acceptors (Lipinski definition) is 4. The molecule has 1 saturated carbocycles. The predicted octanol–water partition coefficient (Wildman–Crippen LogP) is 2.90. The Morgan fingerprint density at radius 3 is 2.44 bits per heavy atom. The van der Waals surface area contributed by atoms with Crippen LogP contribution in [-0.2, 0) is 0 Å². The van der Waals surface area contributed by atoms with Crippen molar-refractivity contribution in [3.8, 4) is 0 Å². The minimum atomic E-state index is -4.09. The van der Waals surface area contributed by atoms with Gasteiger partial charge in [0.25, 0.3) is 0 Å². The number of aliphatic imine (C=N–C) groups is 1. The highest BCUT2D eigenvalue weighted by Crippen LogP contribution is 2.39. The van der Waals surface area contributed by atoms with Crippen molar-refractivity contribution in [2.45, 2.75) is 31.9 Å². The number of rotatable bonds is 3. The van der Waals surface area contributed by atoms with Gasteiger partial charge in [-0.25, -0.2) is 9.97 Å². The minimum absolute atomic E-state index is 0. The molecule has 10 heteroatoms. The fourth-order valence-corrected chi connectivity index (χ4v) is 3.67. The van der Waals surface area contributed by atoms with Crippen molar-refractivity contribution < 1.29 is 13.2 Å². The van der Waals surface area contributed by atoms with E-state index in [4.69, 9.17) is 5.73 Å². The second-order valence-electron chi connectivity index (χ2n) is 6.99. The third kappa shape index (κ3) is 6.08. The van der Waals surface area contributed by atoms with E-state index >= 15 is 0 Å². The Labute approximate surface area is 174 Å². The van der Waals surface area contributed by atoms with Crippen LogP contribution in [-0.4, -0.2) is 59.7 Å². The van der Waals surface area contributed by atoms with Crippen molar-refractivity contribution in [3.05, 3.63) is 18.5 Å². The van der Waals surface area contributed by atoms with Crippen LogP contribution in [0, 0.1) is 11.8 Å². The molecule has 0 amide bonds. The first kappa shape index (κ1) is 22.0. The Kier molecular flexibility index (Phi) is 7.92. The Morgan fingerprint density at radius 2 is 1.81 bits per heavy atom. The van der Waals surface area contributed by atoms with Crippen LogP contribution in [0.2, 0.25) is 0 Å². The lowest BCUT2D eigenvalue weighted by atomic mass is 9.81. The number of aromatic nitrogens is 2. The van der Waals surface area contributed by atoms with Crippen molar-refractivity contribution in [2.75, 3.05) is 37.6 Å². The van der Waals surface area contributed by atoms with E-state index in [0.717, 1.165) is 19.5 Å². The second kappa shape index (κ2) is 9.74. The molecular formula is C17H26F3IN6. The first-order valence-corrected chi connectivity index (χ1v) is 9.07. The number of guanidine groups is 1. The topological polar surface area (TPSA) is 70.6 Å². The van der Waals surface area contributed by atoms with Crippen LogP contribution < -0.4 is 10.6 Å². The number of halogens is 4. The van der Waals surface area contributed by atoms with E-state index in [9.17, 15) is 13.2 Å². The van der Waals surface area contributed by atoms with Crippen LogP contribution in [0.25, 0.3) is 0 Å². The number of nitrogens with two attached hydrogens (primary N) is 1. The maximum atomic E-state index is 12.9. The molecule has 27 heavy (non-hydrogen) atoms. The van der Waals surface area contributed by atoms with E-state index in [-0.39, 0.29) is 42.7 Å². The van der Waals surface area contributed by atoms with E-state index in [1.165, 1.54) is 0 Å². The summed E-state index contributed by atoms with van der Waals surface area (Å²) in [5.74, 6) is -0.101. The number of nitrogens with zero attached hydrogens (tertiary/aromatic N) is 5. The van der Waals surface area contributed by atoms with Gasteiger partial charge in [-0.1, -0.05) is 6.42 Å². The van der Waals surface area contributed by atoms with Crippen molar-refractivity contribution in [1.82, 2.24) is 14.9 Å². The third-order valence-corrected chi connectivity index (χ3v) is 5.20. The number of piperazine rings is 1. The van der Waals surface area contributed by atoms with Crippen molar-refractivity contribution in [3.63, 3.8) is 0 Å². The van der Waals surface area contributed by atoms with Crippen molar-refractivity contribution in [1.29, 1.82) is 0 Å². The van der Waals surface area contributed by atoms with E-state index in [2.05, 4.69) is 19.9 Å². The highest BCUT2D eigenvalue weighted by Gasteiger charge is 2.42. The first-order valence-electron chi connectivity index (χ1n) is 9.07. The number of hydrogen-bond donors (Lipinski definition) is 1. The van der Waals surface area contributed by atoms with Crippen LogP contribution in [0.4, 0.5) is 19.1 Å². The van der Waals surface area contributed by atoms with Gasteiger partial charge in [-0.2, -0.15) is 13.2 Å². The van der Waals surface area contributed by atoms with E-state index < -0.39 is 12.1 Å². The Balaban J connectivity index is 0.00000261. The molecule has 1 aromatic heterocycles. The zero-order valence-electron chi connectivity index (χ0n) is 15.1. The minimum Gasteiger partial charge on any atom is -0.370 e. The fraction of sp³-hybridized carbons (Fsp3) is 0.706. The van der Waals surface area contributed by atoms with Crippen LogP contribution >= 0.6 is 24.0 Å². The van der Waals surface area contributed by atoms with Gasteiger partial charge >= 0.3 is 6.18 Å². The molecule has 0 bridgehead atoms.